The minimum absolute atomic E-state index is 0.0136. The van der Waals surface area contributed by atoms with Crippen LogP contribution in [0, 0.1) is 5.41 Å². The van der Waals surface area contributed by atoms with Crippen LogP contribution in [0.3, 0.4) is 0 Å². The van der Waals surface area contributed by atoms with Crippen molar-refractivity contribution in [3.63, 3.8) is 0 Å². The van der Waals surface area contributed by atoms with Gasteiger partial charge in [-0.05, 0) is 30.4 Å². The van der Waals surface area contributed by atoms with Crippen LogP contribution in [0.5, 0.6) is 0 Å². The van der Waals surface area contributed by atoms with Crippen LogP contribution in [0.2, 0.25) is 0 Å². The number of nitrogens with zero attached hydrogens (tertiary/aromatic N) is 2. The lowest BCUT2D eigenvalue weighted by molar-refractivity contribution is 0.159. The summed E-state index contributed by atoms with van der Waals surface area (Å²) in [6.45, 7) is 6.85. The first-order chi connectivity index (χ1) is 8.90. The molecule has 1 fully saturated rings. The van der Waals surface area contributed by atoms with E-state index in [1.807, 2.05) is 24.3 Å². The molecule has 0 spiro atoms. The van der Waals surface area contributed by atoms with Gasteiger partial charge in [-0.2, -0.15) is 0 Å². The van der Waals surface area contributed by atoms with Gasteiger partial charge in [-0.1, -0.05) is 32.9 Å². The van der Waals surface area contributed by atoms with E-state index in [0.29, 0.717) is 0 Å². The number of para-hydroxylation sites is 2. The fraction of sp³-hybridized carbons (Fsp3) is 0.500. The van der Waals surface area contributed by atoms with Gasteiger partial charge in [0.15, 0.2) is 0 Å². The summed E-state index contributed by atoms with van der Waals surface area (Å²) in [5.74, 6) is 0. The lowest BCUT2D eigenvalue weighted by Gasteiger charge is -2.38. The molecule has 19 heavy (non-hydrogen) atoms. The molecule has 4 rings (SSSR count). The highest BCUT2D eigenvalue weighted by Gasteiger charge is 2.68. The molecule has 2 aliphatic rings. The molecule has 2 unspecified atom stereocenters. The van der Waals surface area contributed by atoms with Gasteiger partial charge in [0.05, 0.1) is 28.0 Å². The van der Waals surface area contributed by atoms with E-state index in [9.17, 15) is 0 Å². The Morgan fingerprint density at radius 3 is 2.16 bits per heavy atom. The third kappa shape index (κ3) is 1.02. The summed E-state index contributed by atoms with van der Waals surface area (Å²) in [5.41, 5.74) is 10.6. The molecule has 2 aromatic rings. The monoisotopic (exact) mass is 253 g/mol. The fourth-order valence-corrected chi connectivity index (χ4v) is 4.09. The average molecular weight is 253 g/mol. The summed E-state index contributed by atoms with van der Waals surface area (Å²) < 4.78 is 0. The molecule has 1 aromatic carbocycles. The second-order valence-electron chi connectivity index (χ2n) is 6.84. The lowest BCUT2D eigenvalue weighted by atomic mass is 9.68. The van der Waals surface area contributed by atoms with Crippen molar-refractivity contribution in [2.45, 2.75) is 44.6 Å². The maximum atomic E-state index is 6.76. The molecule has 0 amide bonds. The normalized spacial score (nSPS) is 34.7. The van der Waals surface area contributed by atoms with Crippen LogP contribution in [-0.4, -0.2) is 9.97 Å². The van der Waals surface area contributed by atoms with Crippen molar-refractivity contribution in [2.75, 3.05) is 0 Å². The van der Waals surface area contributed by atoms with E-state index in [4.69, 9.17) is 15.7 Å². The smallest absolute Gasteiger partial charge is 0.0891 e. The van der Waals surface area contributed by atoms with Crippen molar-refractivity contribution in [1.82, 2.24) is 9.97 Å². The summed E-state index contributed by atoms with van der Waals surface area (Å²) in [6.07, 6.45) is 2.12. The Bertz CT molecular complexity index is 648. The molecule has 1 saturated carbocycles. The second kappa shape index (κ2) is 2.98. The number of aromatic nitrogens is 2. The molecular weight excluding hydrogens is 234 g/mol. The van der Waals surface area contributed by atoms with Crippen LogP contribution in [0.4, 0.5) is 0 Å². The summed E-state index contributed by atoms with van der Waals surface area (Å²) in [6, 6.07) is 8.08. The summed E-state index contributed by atoms with van der Waals surface area (Å²) in [5, 5.41) is 0. The fourth-order valence-electron chi connectivity index (χ4n) is 4.09. The summed E-state index contributed by atoms with van der Waals surface area (Å²) >= 11 is 0. The van der Waals surface area contributed by atoms with Crippen molar-refractivity contribution < 1.29 is 0 Å². The van der Waals surface area contributed by atoms with E-state index < -0.39 is 0 Å². The molecule has 1 aromatic heterocycles. The molecule has 2 aliphatic carbocycles. The van der Waals surface area contributed by atoms with Gasteiger partial charge in [0.2, 0.25) is 0 Å². The van der Waals surface area contributed by atoms with Gasteiger partial charge >= 0.3 is 0 Å². The van der Waals surface area contributed by atoms with Crippen molar-refractivity contribution in [1.29, 1.82) is 0 Å². The molecule has 2 atom stereocenters. The molecular formula is C16H19N3. The van der Waals surface area contributed by atoms with Gasteiger partial charge in [0, 0.05) is 5.41 Å². The average Bonchev–Trinajstić information content (AvgIpc) is 2.65. The van der Waals surface area contributed by atoms with Crippen molar-refractivity contribution in [2.24, 2.45) is 11.1 Å². The molecule has 3 nitrogen and oxygen atoms in total. The Labute approximate surface area is 113 Å². The second-order valence-corrected chi connectivity index (χ2v) is 6.84. The Hall–Kier alpha value is -1.48. The number of hydrogen-bond acceptors (Lipinski definition) is 3. The SMILES string of the molecule is CC12CCC(N)(c3nc4ccccc4nc31)C2(C)C. The number of nitrogens with two attached hydrogens (primary N) is 1. The molecule has 1 heterocycles. The predicted octanol–water partition coefficient (Wildman–Crippen LogP) is 2.88. The van der Waals surface area contributed by atoms with E-state index in [2.05, 4.69) is 20.8 Å². The first kappa shape index (κ1) is 11.4. The van der Waals surface area contributed by atoms with Crippen LogP contribution in [0.25, 0.3) is 11.0 Å². The van der Waals surface area contributed by atoms with E-state index in [1.54, 1.807) is 0 Å². The highest BCUT2D eigenvalue weighted by atomic mass is 15.0. The first-order valence-electron chi connectivity index (χ1n) is 6.97. The quantitative estimate of drug-likeness (QED) is 0.785. The third-order valence-electron chi connectivity index (χ3n) is 6.03. The zero-order chi connectivity index (χ0) is 13.5. The number of rotatable bonds is 0. The van der Waals surface area contributed by atoms with E-state index in [-0.39, 0.29) is 16.4 Å². The molecule has 98 valence electrons. The van der Waals surface area contributed by atoms with E-state index in [1.165, 1.54) is 0 Å². The van der Waals surface area contributed by atoms with Crippen LogP contribution >= 0.6 is 0 Å². The van der Waals surface area contributed by atoms with Crippen molar-refractivity contribution >= 4 is 11.0 Å². The zero-order valence-corrected chi connectivity index (χ0v) is 11.7. The molecule has 2 bridgehead atoms. The number of benzene rings is 1. The van der Waals surface area contributed by atoms with Crippen LogP contribution in [0.15, 0.2) is 24.3 Å². The van der Waals surface area contributed by atoms with Crippen LogP contribution < -0.4 is 5.73 Å². The molecule has 3 heteroatoms. The highest BCUT2D eigenvalue weighted by Crippen LogP contribution is 2.67. The first-order valence-corrected chi connectivity index (χ1v) is 6.97. The molecule has 2 N–H and O–H groups in total. The third-order valence-corrected chi connectivity index (χ3v) is 6.03. The molecule has 0 radical (unpaired) electrons. The van der Waals surface area contributed by atoms with Crippen LogP contribution in [0.1, 0.15) is 45.0 Å². The Balaban J connectivity index is 2.13. The maximum absolute atomic E-state index is 6.76. The largest absolute Gasteiger partial charge is 0.320 e. The van der Waals surface area contributed by atoms with Gasteiger partial charge in [0.25, 0.3) is 0 Å². The van der Waals surface area contributed by atoms with Gasteiger partial charge in [-0.25, -0.2) is 9.97 Å². The minimum atomic E-state index is -0.325. The van der Waals surface area contributed by atoms with Gasteiger partial charge in [-0.15, -0.1) is 0 Å². The van der Waals surface area contributed by atoms with Crippen molar-refractivity contribution in [3.8, 4) is 0 Å². The number of hydrogen-bond donors (Lipinski definition) is 1. The predicted molar refractivity (Wildman–Crippen MR) is 75.8 cm³/mol. The van der Waals surface area contributed by atoms with Crippen LogP contribution in [-0.2, 0) is 11.0 Å². The summed E-state index contributed by atoms with van der Waals surface area (Å²) in [4.78, 5) is 9.77. The van der Waals surface area contributed by atoms with Crippen molar-refractivity contribution in [3.05, 3.63) is 35.7 Å². The maximum Gasteiger partial charge on any atom is 0.0891 e. The lowest BCUT2D eigenvalue weighted by Crippen LogP contribution is -2.46. The van der Waals surface area contributed by atoms with E-state index in [0.717, 1.165) is 35.3 Å². The topological polar surface area (TPSA) is 51.8 Å². The standard InChI is InChI=1S/C16H19N3/c1-14(2)15(3)8-9-16(14,17)13-12(15)18-10-6-4-5-7-11(10)19-13/h4-7H,8-9,17H2,1-3H3. The minimum Gasteiger partial charge on any atom is -0.320 e. The van der Waals surface area contributed by atoms with Gasteiger partial charge in [0.1, 0.15) is 0 Å². The van der Waals surface area contributed by atoms with E-state index >= 15 is 0 Å². The Kier molecular flexibility index (Phi) is 1.78. The van der Waals surface area contributed by atoms with Gasteiger partial charge < -0.3 is 5.73 Å². The number of fused-ring (bicyclic) bond motifs is 6. The highest BCUT2D eigenvalue weighted by molar-refractivity contribution is 5.75. The Morgan fingerprint density at radius 1 is 0.947 bits per heavy atom. The Morgan fingerprint density at radius 2 is 1.53 bits per heavy atom. The van der Waals surface area contributed by atoms with Gasteiger partial charge in [-0.3, -0.25) is 0 Å². The summed E-state index contributed by atoms with van der Waals surface area (Å²) in [7, 11) is 0. The molecule has 0 saturated heterocycles. The zero-order valence-electron chi connectivity index (χ0n) is 11.7. The molecule has 0 aliphatic heterocycles.